The quantitative estimate of drug-likeness (QED) is 0.863. The molecule has 22 heavy (non-hydrogen) atoms. The van der Waals surface area contributed by atoms with Gasteiger partial charge in [-0.25, -0.2) is 4.39 Å². The molecule has 6 heteroatoms. The average Bonchev–Trinajstić information content (AvgIpc) is 2.47. The van der Waals surface area contributed by atoms with Crippen LogP contribution in [0.2, 0.25) is 0 Å². The highest BCUT2D eigenvalue weighted by Crippen LogP contribution is 2.18. The van der Waals surface area contributed by atoms with Crippen LogP contribution in [-0.2, 0) is 14.3 Å². The highest BCUT2D eigenvalue weighted by molar-refractivity contribution is 5.95. The third-order valence-corrected chi connectivity index (χ3v) is 3.49. The van der Waals surface area contributed by atoms with E-state index in [9.17, 15) is 14.0 Å². The number of nitrogens with zero attached hydrogens (tertiary/aromatic N) is 1. The smallest absolute Gasteiger partial charge is 0.306 e. The molecule has 1 unspecified atom stereocenters. The monoisotopic (exact) mass is 307 g/mol. The molecule has 1 aliphatic heterocycles. The molecule has 1 amide bonds. The minimum Gasteiger partial charge on any atom is -0.481 e. The van der Waals surface area contributed by atoms with Crippen LogP contribution in [0.15, 0.2) is 30.3 Å². The van der Waals surface area contributed by atoms with Gasteiger partial charge < -0.3 is 14.7 Å². The molecule has 0 radical (unpaired) electrons. The van der Waals surface area contributed by atoms with E-state index in [2.05, 4.69) is 0 Å². The lowest BCUT2D eigenvalue weighted by Gasteiger charge is -2.31. The summed E-state index contributed by atoms with van der Waals surface area (Å²) in [5.41, 5.74) is 0.913. The lowest BCUT2D eigenvalue weighted by atomic mass is 10.1. The zero-order valence-electron chi connectivity index (χ0n) is 12.3. The number of ether oxygens (including phenoxy) is 1. The summed E-state index contributed by atoms with van der Waals surface area (Å²) < 4.78 is 19.0. The van der Waals surface area contributed by atoms with Gasteiger partial charge in [0.15, 0.2) is 0 Å². The first kappa shape index (κ1) is 16.2. The molecule has 0 aliphatic carbocycles. The van der Waals surface area contributed by atoms with Gasteiger partial charge in [-0.2, -0.15) is 0 Å². The molecule has 1 aliphatic rings. The number of amides is 1. The Bertz CT molecular complexity index is 600. The predicted octanol–water partition coefficient (Wildman–Crippen LogP) is 1.93. The molecule has 2 rings (SSSR count). The zero-order chi connectivity index (χ0) is 16.1. The zero-order valence-corrected chi connectivity index (χ0v) is 12.3. The minimum atomic E-state index is -0.961. The van der Waals surface area contributed by atoms with Crippen LogP contribution < -0.4 is 0 Å². The van der Waals surface area contributed by atoms with E-state index in [1.54, 1.807) is 25.1 Å². The van der Waals surface area contributed by atoms with Crippen molar-refractivity contribution in [3.8, 4) is 0 Å². The summed E-state index contributed by atoms with van der Waals surface area (Å²) in [6.45, 7) is 2.60. The van der Waals surface area contributed by atoms with Crippen molar-refractivity contribution in [2.24, 2.45) is 0 Å². The third-order valence-electron chi connectivity index (χ3n) is 3.49. The van der Waals surface area contributed by atoms with Crippen molar-refractivity contribution in [2.45, 2.75) is 19.4 Å². The average molecular weight is 307 g/mol. The van der Waals surface area contributed by atoms with E-state index in [0.29, 0.717) is 24.3 Å². The number of benzene rings is 1. The summed E-state index contributed by atoms with van der Waals surface area (Å²) in [4.78, 5) is 24.5. The van der Waals surface area contributed by atoms with Gasteiger partial charge in [-0.05, 0) is 18.6 Å². The topological polar surface area (TPSA) is 66.8 Å². The number of allylic oxidation sites excluding steroid dienone is 1. The summed E-state index contributed by atoms with van der Waals surface area (Å²) in [5, 5.41) is 8.78. The molecule has 0 bridgehead atoms. The standard InChI is InChI=1S/C16H18FNO4/c1-11(13-4-2-3-5-14(13)17)8-15(19)18-6-7-22-12(10-18)9-16(20)21/h2-5,8,12H,6-7,9-10H2,1H3,(H,20,21). The molecule has 0 aromatic heterocycles. The van der Waals surface area contributed by atoms with E-state index in [0.717, 1.165) is 0 Å². The molecule has 0 saturated carbocycles. The first-order chi connectivity index (χ1) is 10.5. The molecule has 0 spiro atoms. The Morgan fingerprint density at radius 1 is 1.45 bits per heavy atom. The van der Waals surface area contributed by atoms with Crippen LogP contribution in [0.5, 0.6) is 0 Å². The van der Waals surface area contributed by atoms with Gasteiger partial charge in [0.25, 0.3) is 0 Å². The van der Waals surface area contributed by atoms with Gasteiger partial charge in [-0.3, -0.25) is 9.59 Å². The molecular weight excluding hydrogens is 289 g/mol. The van der Waals surface area contributed by atoms with Crippen LogP contribution >= 0.6 is 0 Å². The Morgan fingerprint density at radius 3 is 2.86 bits per heavy atom. The van der Waals surface area contributed by atoms with Crippen molar-refractivity contribution in [3.63, 3.8) is 0 Å². The maximum absolute atomic E-state index is 13.7. The van der Waals surface area contributed by atoms with E-state index in [1.807, 2.05) is 0 Å². The Kier molecular flexibility index (Phi) is 5.27. The van der Waals surface area contributed by atoms with Crippen molar-refractivity contribution in [1.82, 2.24) is 4.90 Å². The minimum absolute atomic E-state index is 0.139. The number of rotatable bonds is 4. The molecule has 1 aromatic rings. The second kappa shape index (κ2) is 7.17. The first-order valence-electron chi connectivity index (χ1n) is 7.03. The van der Waals surface area contributed by atoms with Gasteiger partial charge in [0.1, 0.15) is 5.82 Å². The number of carboxylic acid groups (broad SMARTS) is 1. The van der Waals surface area contributed by atoms with Crippen molar-refractivity contribution < 1.29 is 23.8 Å². The number of carboxylic acids is 1. The number of aliphatic carboxylic acids is 1. The van der Waals surface area contributed by atoms with Crippen molar-refractivity contribution in [2.75, 3.05) is 19.7 Å². The highest BCUT2D eigenvalue weighted by atomic mass is 19.1. The van der Waals surface area contributed by atoms with Crippen LogP contribution in [0, 0.1) is 5.82 Å². The lowest BCUT2D eigenvalue weighted by Crippen LogP contribution is -2.45. The lowest BCUT2D eigenvalue weighted by molar-refractivity contribution is -0.145. The van der Waals surface area contributed by atoms with E-state index < -0.39 is 12.1 Å². The molecule has 1 heterocycles. The summed E-state index contributed by atoms with van der Waals surface area (Å²) in [7, 11) is 0. The molecule has 1 fully saturated rings. The largest absolute Gasteiger partial charge is 0.481 e. The highest BCUT2D eigenvalue weighted by Gasteiger charge is 2.25. The number of hydrogen-bond acceptors (Lipinski definition) is 3. The Morgan fingerprint density at radius 2 is 2.18 bits per heavy atom. The fraction of sp³-hybridized carbons (Fsp3) is 0.375. The van der Waals surface area contributed by atoms with Crippen molar-refractivity contribution in [3.05, 3.63) is 41.7 Å². The van der Waals surface area contributed by atoms with E-state index in [-0.39, 0.29) is 24.7 Å². The maximum Gasteiger partial charge on any atom is 0.306 e. The molecule has 1 aromatic carbocycles. The summed E-state index contributed by atoms with van der Waals surface area (Å²) in [5.74, 6) is -1.60. The number of carbonyl (C=O) groups is 2. The number of morpholine rings is 1. The number of hydrogen-bond donors (Lipinski definition) is 1. The fourth-order valence-electron chi connectivity index (χ4n) is 2.37. The second-order valence-corrected chi connectivity index (χ2v) is 5.18. The van der Waals surface area contributed by atoms with Crippen molar-refractivity contribution >= 4 is 17.4 Å². The second-order valence-electron chi connectivity index (χ2n) is 5.18. The molecule has 1 atom stereocenters. The van der Waals surface area contributed by atoms with Crippen LogP contribution in [0.1, 0.15) is 18.9 Å². The van der Waals surface area contributed by atoms with Crippen LogP contribution in [-0.4, -0.2) is 47.7 Å². The van der Waals surface area contributed by atoms with Gasteiger partial charge in [-0.15, -0.1) is 0 Å². The molecule has 118 valence electrons. The molecule has 5 nitrogen and oxygen atoms in total. The Hall–Kier alpha value is -2.21. The summed E-state index contributed by atoms with van der Waals surface area (Å²) in [6, 6.07) is 6.25. The molecule has 1 saturated heterocycles. The fourth-order valence-corrected chi connectivity index (χ4v) is 2.37. The Labute approximate surface area is 128 Å². The van der Waals surface area contributed by atoms with Crippen molar-refractivity contribution in [1.29, 1.82) is 0 Å². The predicted molar refractivity (Wildman–Crippen MR) is 78.6 cm³/mol. The molecule has 1 N–H and O–H groups in total. The summed E-state index contributed by atoms with van der Waals surface area (Å²) >= 11 is 0. The number of carbonyl (C=O) groups excluding carboxylic acids is 1. The van der Waals surface area contributed by atoms with Gasteiger partial charge in [0.05, 0.1) is 19.1 Å². The van der Waals surface area contributed by atoms with Gasteiger partial charge in [0.2, 0.25) is 5.91 Å². The molecular formula is C16H18FNO4. The van der Waals surface area contributed by atoms with Crippen LogP contribution in [0.3, 0.4) is 0 Å². The normalized spacial score (nSPS) is 19.1. The van der Waals surface area contributed by atoms with Gasteiger partial charge in [0, 0.05) is 24.7 Å². The van der Waals surface area contributed by atoms with Crippen LogP contribution in [0.4, 0.5) is 4.39 Å². The number of halogens is 1. The van der Waals surface area contributed by atoms with E-state index in [1.165, 1.54) is 17.0 Å². The van der Waals surface area contributed by atoms with E-state index >= 15 is 0 Å². The first-order valence-corrected chi connectivity index (χ1v) is 7.03. The van der Waals surface area contributed by atoms with Gasteiger partial charge in [-0.1, -0.05) is 18.2 Å². The third kappa shape index (κ3) is 4.14. The summed E-state index contributed by atoms with van der Waals surface area (Å²) in [6.07, 6.45) is 0.735. The SMILES string of the molecule is CC(=CC(=O)N1CCOC(CC(=O)O)C1)c1ccccc1F. The van der Waals surface area contributed by atoms with Crippen LogP contribution in [0.25, 0.3) is 5.57 Å². The maximum atomic E-state index is 13.7. The Balaban J connectivity index is 2.06. The van der Waals surface area contributed by atoms with Gasteiger partial charge >= 0.3 is 5.97 Å². The van der Waals surface area contributed by atoms with E-state index in [4.69, 9.17) is 9.84 Å².